The molecule has 0 aliphatic carbocycles. The van der Waals surface area contributed by atoms with Crippen LogP contribution in [0.2, 0.25) is 0 Å². The molecule has 3 rings (SSSR count). The van der Waals surface area contributed by atoms with Crippen molar-refractivity contribution in [1.82, 2.24) is 9.97 Å². The number of amides is 1. The molecule has 1 aromatic carbocycles. The van der Waals surface area contributed by atoms with E-state index in [1.54, 1.807) is 6.20 Å². The Labute approximate surface area is 123 Å². The maximum atomic E-state index is 12.4. The number of benzene rings is 1. The van der Waals surface area contributed by atoms with E-state index in [1.165, 1.54) is 5.56 Å². The third-order valence-electron chi connectivity index (χ3n) is 3.60. The lowest BCUT2D eigenvalue weighted by Gasteiger charge is -2.04. The highest BCUT2D eigenvalue weighted by molar-refractivity contribution is 6.07. The first-order valence-electron chi connectivity index (χ1n) is 6.87. The number of carbonyl (C=O) groups excluding carboxylic acids is 1. The first kappa shape index (κ1) is 13.4. The molecule has 0 aliphatic heterocycles. The summed E-state index contributed by atoms with van der Waals surface area (Å²) in [5.74, 6) is 0.397. The van der Waals surface area contributed by atoms with Crippen molar-refractivity contribution in [3.05, 3.63) is 58.9 Å². The average Bonchev–Trinajstić information content (AvgIpc) is 2.76. The zero-order valence-corrected chi connectivity index (χ0v) is 12.3. The molecule has 3 aromatic rings. The molecule has 0 bridgehead atoms. The summed E-state index contributed by atoms with van der Waals surface area (Å²) in [7, 11) is 0. The van der Waals surface area contributed by atoms with Crippen LogP contribution in [0.4, 0.5) is 5.82 Å². The van der Waals surface area contributed by atoms with E-state index in [-0.39, 0.29) is 5.91 Å². The number of rotatable bonds is 2. The highest BCUT2D eigenvalue weighted by Crippen LogP contribution is 2.23. The summed E-state index contributed by atoms with van der Waals surface area (Å²) in [5.41, 5.74) is 4.75. The standard InChI is InChI=1S/C17H17N3O/c1-10-4-5-14-13(8-10)12(3)16(19-14)17(21)20-15-9-11(2)6-7-18-15/h4-9,19H,1-3H3,(H,18,20,21). The molecule has 21 heavy (non-hydrogen) atoms. The zero-order chi connectivity index (χ0) is 15.0. The second-order valence-corrected chi connectivity index (χ2v) is 5.35. The summed E-state index contributed by atoms with van der Waals surface area (Å²) >= 11 is 0. The Bertz CT molecular complexity index is 833. The quantitative estimate of drug-likeness (QED) is 0.750. The number of aromatic amines is 1. The highest BCUT2D eigenvalue weighted by atomic mass is 16.1. The van der Waals surface area contributed by atoms with E-state index in [9.17, 15) is 4.79 Å². The molecular formula is C17H17N3O. The van der Waals surface area contributed by atoms with Crippen molar-refractivity contribution in [2.45, 2.75) is 20.8 Å². The Kier molecular flexibility index (Phi) is 3.22. The molecule has 0 saturated carbocycles. The second kappa shape index (κ2) is 5.05. The van der Waals surface area contributed by atoms with Crippen LogP contribution in [0.15, 0.2) is 36.5 Å². The van der Waals surface area contributed by atoms with Crippen LogP contribution in [0, 0.1) is 20.8 Å². The molecular weight excluding hydrogens is 262 g/mol. The van der Waals surface area contributed by atoms with Crippen molar-refractivity contribution in [2.75, 3.05) is 5.32 Å². The van der Waals surface area contributed by atoms with Crippen molar-refractivity contribution in [2.24, 2.45) is 0 Å². The predicted octanol–water partition coefficient (Wildman–Crippen LogP) is 3.74. The summed E-state index contributed by atoms with van der Waals surface area (Å²) in [6, 6.07) is 9.86. The van der Waals surface area contributed by atoms with Crippen LogP contribution in [0.5, 0.6) is 0 Å². The molecule has 2 N–H and O–H groups in total. The fraction of sp³-hybridized carbons (Fsp3) is 0.176. The normalized spacial score (nSPS) is 10.8. The summed E-state index contributed by atoms with van der Waals surface area (Å²) in [4.78, 5) is 19.8. The lowest BCUT2D eigenvalue weighted by atomic mass is 10.1. The zero-order valence-electron chi connectivity index (χ0n) is 12.3. The van der Waals surface area contributed by atoms with E-state index >= 15 is 0 Å². The van der Waals surface area contributed by atoms with Gasteiger partial charge in [-0.2, -0.15) is 0 Å². The number of aromatic nitrogens is 2. The molecule has 1 amide bonds. The molecule has 0 saturated heterocycles. The Balaban J connectivity index is 1.96. The first-order valence-corrected chi connectivity index (χ1v) is 6.87. The van der Waals surface area contributed by atoms with Gasteiger partial charge in [-0.1, -0.05) is 11.6 Å². The molecule has 0 fully saturated rings. The van der Waals surface area contributed by atoms with Gasteiger partial charge in [-0.05, 0) is 56.2 Å². The number of nitrogens with one attached hydrogen (secondary N) is 2. The predicted molar refractivity (Wildman–Crippen MR) is 84.7 cm³/mol. The van der Waals surface area contributed by atoms with Gasteiger partial charge in [-0.25, -0.2) is 4.98 Å². The summed E-state index contributed by atoms with van der Waals surface area (Å²) < 4.78 is 0. The van der Waals surface area contributed by atoms with Crippen molar-refractivity contribution < 1.29 is 4.79 Å². The summed E-state index contributed by atoms with van der Waals surface area (Å²) in [5, 5.41) is 3.92. The Morgan fingerprint density at radius 2 is 1.86 bits per heavy atom. The SMILES string of the molecule is Cc1ccnc(NC(=O)c2[nH]c3ccc(C)cc3c2C)c1. The van der Waals surface area contributed by atoms with Crippen molar-refractivity contribution in [1.29, 1.82) is 0 Å². The van der Waals surface area contributed by atoms with E-state index < -0.39 is 0 Å². The lowest BCUT2D eigenvalue weighted by molar-refractivity contribution is 0.102. The summed E-state index contributed by atoms with van der Waals surface area (Å²) in [6.45, 7) is 5.97. The Morgan fingerprint density at radius 3 is 2.62 bits per heavy atom. The molecule has 0 unspecified atom stereocenters. The van der Waals surface area contributed by atoms with Gasteiger partial charge in [0.15, 0.2) is 0 Å². The third-order valence-corrected chi connectivity index (χ3v) is 3.60. The minimum Gasteiger partial charge on any atom is -0.350 e. The number of nitrogens with zero attached hydrogens (tertiary/aromatic N) is 1. The topological polar surface area (TPSA) is 57.8 Å². The van der Waals surface area contributed by atoms with Gasteiger partial charge in [0.05, 0.1) is 0 Å². The smallest absolute Gasteiger partial charge is 0.273 e. The molecule has 0 aliphatic rings. The molecule has 0 radical (unpaired) electrons. The van der Waals surface area contributed by atoms with Crippen molar-refractivity contribution >= 4 is 22.6 Å². The average molecular weight is 279 g/mol. The number of H-pyrrole nitrogens is 1. The van der Waals surface area contributed by atoms with E-state index in [0.29, 0.717) is 11.5 Å². The highest BCUT2D eigenvalue weighted by Gasteiger charge is 2.15. The van der Waals surface area contributed by atoms with Crippen molar-refractivity contribution in [3.63, 3.8) is 0 Å². The van der Waals surface area contributed by atoms with Gasteiger partial charge in [0, 0.05) is 17.1 Å². The third kappa shape index (κ3) is 2.52. The minimum atomic E-state index is -0.167. The summed E-state index contributed by atoms with van der Waals surface area (Å²) in [6.07, 6.45) is 1.69. The number of pyridine rings is 1. The van der Waals surface area contributed by atoms with Gasteiger partial charge in [0.1, 0.15) is 11.5 Å². The molecule has 0 spiro atoms. The largest absolute Gasteiger partial charge is 0.350 e. The number of aryl methyl sites for hydroxylation is 3. The van der Waals surface area contributed by atoms with Crippen LogP contribution in [0.25, 0.3) is 10.9 Å². The van der Waals surface area contributed by atoms with Crippen LogP contribution in [0.1, 0.15) is 27.2 Å². The fourth-order valence-corrected chi connectivity index (χ4v) is 2.45. The maximum absolute atomic E-state index is 12.4. The number of carbonyl (C=O) groups is 1. The van der Waals surface area contributed by atoms with Gasteiger partial charge < -0.3 is 10.3 Å². The molecule has 4 nitrogen and oxygen atoms in total. The molecule has 0 atom stereocenters. The molecule has 106 valence electrons. The lowest BCUT2D eigenvalue weighted by Crippen LogP contribution is -2.14. The van der Waals surface area contributed by atoms with Crippen LogP contribution in [-0.2, 0) is 0 Å². The van der Waals surface area contributed by atoms with Gasteiger partial charge in [0.2, 0.25) is 0 Å². The Morgan fingerprint density at radius 1 is 1.10 bits per heavy atom. The van der Waals surface area contributed by atoms with Gasteiger partial charge >= 0.3 is 0 Å². The van der Waals surface area contributed by atoms with E-state index in [2.05, 4.69) is 21.4 Å². The van der Waals surface area contributed by atoms with Crippen LogP contribution >= 0.6 is 0 Å². The van der Waals surface area contributed by atoms with Crippen molar-refractivity contribution in [3.8, 4) is 0 Å². The van der Waals surface area contributed by atoms with Gasteiger partial charge in [-0.15, -0.1) is 0 Å². The number of hydrogen-bond donors (Lipinski definition) is 2. The first-order chi connectivity index (χ1) is 10.0. The molecule has 2 heterocycles. The maximum Gasteiger partial charge on any atom is 0.273 e. The van der Waals surface area contributed by atoms with Gasteiger partial charge in [0.25, 0.3) is 5.91 Å². The monoisotopic (exact) mass is 279 g/mol. The van der Waals surface area contributed by atoms with Crippen LogP contribution < -0.4 is 5.32 Å². The number of fused-ring (bicyclic) bond motifs is 1. The number of anilines is 1. The Hall–Kier alpha value is -2.62. The second-order valence-electron chi connectivity index (χ2n) is 5.35. The van der Waals surface area contributed by atoms with Crippen LogP contribution in [-0.4, -0.2) is 15.9 Å². The molecule has 4 heteroatoms. The van der Waals surface area contributed by atoms with E-state index in [4.69, 9.17) is 0 Å². The van der Waals surface area contributed by atoms with E-state index in [1.807, 2.05) is 45.0 Å². The van der Waals surface area contributed by atoms with Crippen LogP contribution in [0.3, 0.4) is 0 Å². The fourth-order valence-electron chi connectivity index (χ4n) is 2.45. The van der Waals surface area contributed by atoms with Gasteiger partial charge in [-0.3, -0.25) is 4.79 Å². The van der Waals surface area contributed by atoms with E-state index in [0.717, 1.165) is 22.0 Å². The minimum absolute atomic E-state index is 0.167. The number of hydrogen-bond acceptors (Lipinski definition) is 2. The molecule has 2 aromatic heterocycles.